The number of hydrogen-bond donors (Lipinski definition) is 1. The average molecular weight is 248 g/mol. The van der Waals surface area contributed by atoms with Crippen molar-refractivity contribution in [3.8, 4) is 0 Å². The molecule has 0 bridgehead atoms. The Kier molecular flexibility index (Phi) is 3.26. The summed E-state index contributed by atoms with van der Waals surface area (Å²) in [5.74, 6) is 0. The number of rotatable bonds is 2. The van der Waals surface area contributed by atoms with Gasteiger partial charge in [0, 0.05) is 18.6 Å². The Balaban J connectivity index is 2.11. The minimum absolute atomic E-state index is 0.544. The first-order chi connectivity index (χ1) is 7.99. The second-order valence-corrected chi connectivity index (χ2v) is 5.07. The van der Waals surface area contributed by atoms with E-state index >= 15 is 0 Å². The van der Waals surface area contributed by atoms with E-state index in [0.717, 1.165) is 11.3 Å². The van der Waals surface area contributed by atoms with Crippen LogP contribution in [0, 0.1) is 0 Å². The standard InChI is InChI=1S/C13H16N2OS/c1-10-9-13(2,16)15(14-10)12(17)8-11-6-4-3-5-7-11/h3-7,16H,8-9H2,1-2H3. The van der Waals surface area contributed by atoms with E-state index < -0.39 is 5.72 Å². The molecule has 1 atom stereocenters. The Hall–Kier alpha value is -1.26. The highest BCUT2D eigenvalue weighted by atomic mass is 32.1. The molecule has 0 radical (unpaired) electrons. The summed E-state index contributed by atoms with van der Waals surface area (Å²) in [6.45, 7) is 3.64. The first-order valence-electron chi connectivity index (χ1n) is 5.62. The van der Waals surface area contributed by atoms with Crippen LogP contribution in [0.15, 0.2) is 35.4 Å². The highest BCUT2D eigenvalue weighted by Gasteiger charge is 2.36. The van der Waals surface area contributed by atoms with E-state index in [2.05, 4.69) is 5.10 Å². The van der Waals surface area contributed by atoms with Crippen molar-refractivity contribution in [3.05, 3.63) is 35.9 Å². The second kappa shape index (κ2) is 4.55. The number of nitrogens with zero attached hydrogens (tertiary/aromatic N) is 2. The molecule has 1 aliphatic rings. The fourth-order valence-electron chi connectivity index (χ4n) is 2.04. The molecule has 1 aromatic rings. The zero-order valence-corrected chi connectivity index (χ0v) is 10.9. The molecule has 90 valence electrons. The van der Waals surface area contributed by atoms with Gasteiger partial charge in [0.05, 0.1) is 0 Å². The number of aliphatic hydroxyl groups is 1. The smallest absolute Gasteiger partial charge is 0.161 e. The summed E-state index contributed by atoms with van der Waals surface area (Å²) >= 11 is 5.36. The first-order valence-corrected chi connectivity index (χ1v) is 6.03. The molecule has 2 rings (SSSR count). The first kappa shape index (κ1) is 12.2. The second-order valence-electron chi connectivity index (χ2n) is 4.60. The molecule has 0 aromatic heterocycles. The lowest BCUT2D eigenvalue weighted by molar-refractivity contribution is -0.0322. The summed E-state index contributed by atoms with van der Waals surface area (Å²) in [4.78, 5) is 0.651. The molecule has 1 aromatic carbocycles. The summed E-state index contributed by atoms with van der Waals surface area (Å²) < 4.78 is 0. The molecule has 0 fully saturated rings. The Bertz CT molecular complexity index is 454. The average Bonchev–Trinajstić information content (AvgIpc) is 2.53. The van der Waals surface area contributed by atoms with Gasteiger partial charge in [-0.3, -0.25) is 0 Å². The summed E-state index contributed by atoms with van der Waals surface area (Å²) in [5, 5.41) is 16.1. The Morgan fingerprint density at radius 1 is 1.47 bits per heavy atom. The fourth-order valence-corrected chi connectivity index (χ4v) is 2.45. The number of benzene rings is 1. The monoisotopic (exact) mass is 248 g/mol. The Labute approximate surface area is 107 Å². The lowest BCUT2D eigenvalue weighted by Crippen LogP contribution is -2.43. The predicted molar refractivity (Wildman–Crippen MR) is 72.9 cm³/mol. The zero-order chi connectivity index (χ0) is 12.5. The molecule has 17 heavy (non-hydrogen) atoms. The molecule has 0 aliphatic carbocycles. The molecule has 0 saturated carbocycles. The van der Waals surface area contributed by atoms with Crippen molar-refractivity contribution in [1.29, 1.82) is 0 Å². The van der Waals surface area contributed by atoms with E-state index in [0.29, 0.717) is 17.8 Å². The van der Waals surface area contributed by atoms with Gasteiger partial charge in [-0.25, -0.2) is 5.01 Å². The van der Waals surface area contributed by atoms with Crippen LogP contribution in [-0.4, -0.2) is 26.5 Å². The van der Waals surface area contributed by atoms with Crippen molar-refractivity contribution in [3.63, 3.8) is 0 Å². The van der Waals surface area contributed by atoms with Crippen LogP contribution in [0.3, 0.4) is 0 Å². The van der Waals surface area contributed by atoms with E-state index in [9.17, 15) is 5.11 Å². The molecular formula is C13H16N2OS. The van der Waals surface area contributed by atoms with Gasteiger partial charge in [-0.1, -0.05) is 42.5 Å². The van der Waals surface area contributed by atoms with Crippen molar-refractivity contribution in [1.82, 2.24) is 5.01 Å². The van der Waals surface area contributed by atoms with Crippen LogP contribution in [0.2, 0.25) is 0 Å². The summed E-state index contributed by atoms with van der Waals surface area (Å²) in [6.07, 6.45) is 1.17. The van der Waals surface area contributed by atoms with Crippen LogP contribution in [0.5, 0.6) is 0 Å². The minimum Gasteiger partial charge on any atom is -0.369 e. The third kappa shape index (κ3) is 2.70. The third-order valence-electron chi connectivity index (χ3n) is 2.75. The summed E-state index contributed by atoms with van der Waals surface area (Å²) in [5.41, 5.74) is 1.06. The van der Waals surface area contributed by atoms with E-state index in [4.69, 9.17) is 12.2 Å². The topological polar surface area (TPSA) is 35.8 Å². The lowest BCUT2D eigenvalue weighted by Gasteiger charge is -2.29. The maximum Gasteiger partial charge on any atom is 0.161 e. The predicted octanol–water partition coefficient (Wildman–Crippen LogP) is 2.35. The maximum atomic E-state index is 10.2. The maximum absolute atomic E-state index is 10.2. The molecular weight excluding hydrogens is 232 g/mol. The van der Waals surface area contributed by atoms with Gasteiger partial charge in [-0.2, -0.15) is 5.10 Å². The third-order valence-corrected chi connectivity index (χ3v) is 3.07. The van der Waals surface area contributed by atoms with Gasteiger partial charge in [-0.05, 0) is 19.4 Å². The molecule has 1 heterocycles. The molecule has 1 N–H and O–H groups in total. The van der Waals surface area contributed by atoms with Crippen LogP contribution in [0.1, 0.15) is 25.8 Å². The van der Waals surface area contributed by atoms with E-state index in [1.165, 1.54) is 0 Å². The van der Waals surface area contributed by atoms with Crippen LogP contribution in [0.25, 0.3) is 0 Å². The van der Waals surface area contributed by atoms with Crippen LogP contribution in [0.4, 0.5) is 0 Å². The van der Waals surface area contributed by atoms with Gasteiger partial charge in [0.25, 0.3) is 0 Å². The van der Waals surface area contributed by atoms with Gasteiger partial charge in [-0.15, -0.1) is 0 Å². The van der Waals surface area contributed by atoms with Gasteiger partial charge in [0.1, 0.15) is 4.99 Å². The molecule has 3 nitrogen and oxygen atoms in total. The molecule has 0 saturated heterocycles. The van der Waals surface area contributed by atoms with E-state index in [-0.39, 0.29) is 0 Å². The molecule has 0 amide bonds. The van der Waals surface area contributed by atoms with Gasteiger partial charge < -0.3 is 5.11 Å². The van der Waals surface area contributed by atoms with Gasteiger partial charge >= 0.3 is 0 Å². The van der Waals surface area contributed by atoms with E-state index in [1.807, 2.05) is 37.3 Å². The summed E-state index contributed by atoms with van der Waals surface area (Å²) in [7, 11) is 0. The number of hydrazone groups is 1. The minimum atomic E-state index is -0.976. The molecule has 1 aliphatic heterocycles. The summed E-state index contributed by atoms with van der Waals surface area (Å²) in [6, 6.07) is 9.98. The van der Waals surface area contributed by atoms with Gasteiger partial charge in [0.15, 0.2) is 5.72 Å². The Morgan fingerprint density at radius 2 is 2.12 bits per heavy atom. The zero-order valence-electron chi connectivity index (χ0n) is 10.1. The van der Waals surface area contributed by atoms with Crippen molar-refractivity contribution in [2.75, 3.05) is 0 Å². The van der Waals surface area contributed by atoms with E-state index in [1.54, 1.807) is 11.9 Å². The fraction of sp³-hybridized carbons (Fsp3) is 0.385. The normalized spacial score (nSPS) is 23.7. The van der Waals surface area contributed by atoms with Crippen molar-refractivity contribution < 1.29 is 5.11 Å². The Morgan fingerprint density at radius 3 is 2.65 bits per heavy atom. The molecule has 0 spiro atoms. The highest BCUT2D eigenvalue weighted by molar-refractivity contribution is 7.80. The van der Waals surface area contributed by atoms with Crippen molar-refractivity contribution in [2.45, 2.75) is 32.4 Å². The highest BCUT2D eigenvalue weighted by Crippen LogP contribution is 2.25. The van der Waals surface area contributed by atoms with Crippen LogP contribution in [-0.2, 0) is 6.42 Å². The lowest BCUT2D eigenvalue weighted by atomic mass is 10.1. The van der Waals surface area contributed by atoms with Crippen LogP contribution < -0.4 is 0 Å². The molecule has 4 heteroatoms. The SMILES string of the molecule is CC1=NN(C(=S)Cc2ccccc2)C(C)(O)C1. The van der Waals surface area contributed by atoms with Crippen molar-refractivity contribution >= 4 is 22.9 Å². The quantitative estimate of drug-likeness (QED) is 0.816. The van der Waals surface area contributed by atoms with Crippen LogP contribution >= 0.6 is 12.2 Å². The number of hydrogen-bond acceptors (Lipinski definition) is 3. The number of thiocarbonyl (C=S) groups is 1. The largest absolute Gasteiger partial charge is 0.369 e. The van der Waals surface area contributed by atoms with Crippen molar-refractivity contribution in [2.24, 2.45) is 5.10 Å². The van der Waals surface area contributed by atoms with Gasteiger partial charge in [0.2, 0.25) is 0 Å². The molecule has 1 unspecified atom stereocenters.